The predicted octanol–water partition coefficient (Wildman–Crippen LogP) is 2.96. The van der Waals surface area contributed by atoms with Crippen molar-refractivity contribution in [2.45, 2.75) is 19.1 Å². The van der Waals surface area contributed by atoms with Crippen molar-refractivity contribution in [2.75, 3.05) is 11.4 Å². The first-order valence-corrected chi connectivity index (χ1v) is 8.43. The van der Waals surface area contributed by atoms with Crippen molar-refractivity contribution in [1.82, 2.24) is 9.55 Å². The fourth-order valence-corrected chi connectivity index (χ4v) is 2.90. The Kier molecular flexibility index (Phi) is 5.34. The number of para-hydroxylation sites is 3. The van der Waals surface area contributed by atoms with Crippen molar-refractivity contribution in [3.05, 3.63) is 60.4 Å². The summed E-state index contributed by atoms with van der Waals surface area (Å²) in [4.78, 5) is 28.9. The molecule has 9 heteroatoms. The van der Waals surface area contributed by atoms with Gasteiger partial charge in [-0.25, -0.2) is 4.98 Å². The van der Waals surface area contributed by atoms with E-state index in [-0.39, 0.29) is 24.0 Å². The number of hydrogen-bond donors (Lipinski definition) is 1. The lowest BCUT2D eigenvalue weighted by Crippen LogP contribution is -2.37. The number of carbonyl (C=O) groups is 2. The molecule has 0 spiro atoms. The van der Waals surface area contributed by atoms with Crippen LogP contribution in [-0.4, -0.2) is 27.9 Å². The summed E-state index contributed by atoms with van der Waals surface area (Å²) in [5.74, 6) is -2.37. The van der Waals surface area contributed by atoms with E-state index in [0.717, 1.165) is 4.57 Å². The van der Waals surface area contributed by atoms with Gasteiger partial charge in [-0.15, -0.1) is 0 Å². The first-order chi connectivity index (χ1) is 13.3. The summed E-state index contributed by atoms with van der Waals surface area (Å²) >= 11 is 0. The lowest BCUT2D eigenvalue weighted by atomic mass is 10.2. The van der Waals surface area contributed by atoms with Gasteiger partial charge < -0.3 is 15.2 Å². The van der Waals surface area contributed by atoms with E-state index in [4.69, 9.17) is 5.73 Å². The van der Waals surface area contributed by atoms with Crippen molar-refractivity contribution < 1.29 is 22.8 Å². The smallest absolute Gasteiger partial charge is 0.370 e. The van der Waals surface area contributed by atoms with Gasteiger partial charge in [-0.05, 0) is 24.3 Å². The van der Waals surface area contributed by atoms with Crippen LogP contribution >= 0.6 is 0 Å². The van der Waals surface area contributed by atoms with E-state index in [1.54, 1.807) is 42.5 Å². The maximum absolute atomic E-state index is 13.4. The number of carbonyl (C=O) groups excluding carboxylic acids is 2. The Morgan fingerprint density at radius 1 is 1.04 bits per heavy atom. The summed E-state index contributed by atoms with van der Waals surface area (Å²) in [6.07, 6.45) is -4.83. The molecule has 0 radical (unpaired) electrons. The van der Waals surface area contributed by atoms with Crippen LogP contribution in [0.4, 0.5) is 18.9 Å². The summed E-state index contributed by atoms with van der Waals surface area (Å²) in [6.45, 7) is -0.616. The second-order valence-electron chi connectivity index (χ2n) is 6.11. The van der Waals surface area contributed by atoms with Crippen LogP contribution in [0.3, 0.4) is 0 Å². The molecule has 2 N–H and O–H groups in total. The highest BCUT2D eigenvalue weighted by Crippen LogP contribution is 2.31. The lowest BCUT2D eigenvalue weighted by molar-refractivity contribution is -0.147. The van der Waals surface area contributed by atoms with Crippen LogP contribution in [0.15, 0.2) is 54.6 Å². The number of aromatic nitrogens is 2. The van der Waals surface area contributed by atoms with Crippen LogP contribution in [0.1, 0.15) is 12.2 Å². The molecule has 0 unspecified atom stereocenters. The number of amides is 2. The number of anilines is 1. The van der Waals surface area contributed by atoms with Gasteiger partial charge in [0.1, 0.15) is 6.54 Å². The van der Waals surface area contributed by atoms with Crippen molar-refractivity contribution in [2.24, 2.45) is 5.73 Å². The van der Waals surface area contributed by atoms with Crippen LogP contribution in [0.25, 0.3) is 11.0 Å². The van der Waals surface area contributed by atoms with Crippen molar-refractivity contribution in [3.8, 4) is 0 Å². The van der Waals surface area contributed by atoms with Crippen LogP contribution in [0.5, 0.6) is 0 Å². The summed E-state index contributed by atoms with van der Waals surface area (Å²) in [5.41, 5.74) is 5.98. The molecular formula is C19H17F3N4O2. The Balaban J connectivity index is 1.98. The number of alkyl halides is 3. The van der Waals surface area contributed by atoms with E-state index in [2.05, 4.69) is 4.98 Å². The van der Waals surface area contributed by atoms with Crippen LogP contribution in [0, 0.1) is 0 Å². The zero-order valence-electron chi connectivity index (χ0n) is 14.7. The molecule has 6 nitrogen and oxygen atoms in total. The molecule has 2 aromatic carbocycles. The van der Waals surface area contributed by atoms with Crippen LogP contribution < -0.4 is 10.6 Å². The minimum atomic E-state index is -4.72. The fraction of sp³-hybridized carbons (Fsp3) is 0.211. The zero-order valence-corrected chi connectivity index (χ0v) is 14.7. The maximum Gasteiger partial charge on any atom is 0.449 e. The average molecular weight is 390 g/mol. The number of halogens is 3. The predicted molar refractivity (Wildman–Crippen MR) is 97.3 cm³/mol. The second kappa shape index (κ2) is 7.71. The van der Waals surface area contributed by atoms with Gasteiger partial charge in [-0.1, -0.05) is 30.3 Å². The number of nitrogens with zero attached hydrogens (tertiary/aromatic N) is 3. The van der Waals surface area contributed by atoms with Gasteiger partial charge in [0, 0.05) is 18.7 Å². The van der Waals surface area contributed by atoms with Gasteiger partial charge in [0.15, 0.2) is 0 Å². The standard InChI is InChI=1S/C19H17F3N4O2/c20-19(21,22)18-24-14-8-4-5-9-15(14)26(18)12-17(28)25(11-10-16(23)27)13-6-2-1-3-7-13/h1-9H,10-12H2,(H2,23,27). The highest BCUT2D eigenvalue weighted by atomic mass is 19.4. The lowest BCUT2D eigenvalue weighted by Gasteiger charge is -2.23. The Labute approximate surface area is 158 Å². The van der Waals surface area contributed by atoms with Crippen LogP contribution in [0.2, 0.25) is 0 Å². The van der Waals surface area contributed by atoms with Crippen molar-refractivity contribution >= 4 is 28.5 Å². The zero-order chi connectivity index (χ0) is 20.3. The number of hydrogen-bond acceptors (Lipinski definition) is 3. The normalized spacial score (nSPS) is 11.5. The molecule has 0 aliphatic carbocycles. The molecule has 0 saturated carbocycles. The van der Waals surface area contributed by atoms with E-state index in [9.17, 15) is 22.8 Å². The van der Waals surface area contributed by atoms with E-state index in [0.29, 0.717) is 5.69 Å². The van der Waals surface area contributed by atoms with Crippen LogP contribution in [-0.2, 0) is 22.3 Å². The van der Waals surface area contributed by atoms with Crippen molar-refractivity contribution in [3.63, 3.8) is 0 Å². The summed E-state index contributed by atoms with van der Waals surface area (Å²) in [6, 6.07) is 14.5. The molecule has 28 heavy (non-hydrogen) atoms. The fourth-order valence-electron chi connectivity index (χ4n) is 2.90. The molecule has 3 aromatic rings. The van der Waals surface area contributed by atoms with Gasteiger partial charge in [0.2, 0.25) is 17.6 Å². The quantitative estimate of drug-likeness (QED) is 0.703. The van der Waals surface area contributed by atoms with E-state index < -0.39 is 30.4 Å². The highest BCUT2D eigenvalue weighted by molar-refractivity contribution is 5.94. The second-order valence-corrected chi connectivity index (χ2v) is 6.11. The number of rotatable bonds is 6. The molecule has 0 atom stereocenters. The number of fused-ring (bicyclic) bond motifs is 1. The molecule has 1 heterocycles. The third-order valence-corrected chi connectivity index (χ3v) is 4.15. The Morgan fingerprint density at radius 3 is 2.32 bits per heavy atom. The molecule has 0 aliphatic heterocycles. The van der Waals surface area contributed by atoms with Gasteiger partial charge in [0.05, 0.1) is 11.0 Å². The summed E-state index contributed by atoms with van der Waals surface area (Å²) in [5, 5.41) is 0. The third kappa shape index (κ3) is 4.13. The SMILES string of the molecule is NC(=O)CCN(C(=O)Cn1c(C(F)(F)F)nc2ccccc21)c1ccccc1. The van der Waals surface area contributed by atoms with E-state index >= 15 is 0 Å². The molecule has 1 aromatic heterocycles. The molecule has 0 bridgehead atoms. The van der Waals surface area contributed by atoms with E-state index in [1.807, 2.05) is 0 Å². The van der Waals surface area contributed by atoms with Gasteiger partial charge >= 0.3 is 6.18 Å². The minimum absolute atomic E-state index is 0.0356. The molecule has 0 fully saturated rings. The number of imidazole rings is 1. The topological polar surface area (TPSA) is 81.2 Å². The average Bonchev–Trinajstić information content (AvgIpc) is 3.01. The molecule has 2 amide bonds. The van der Waals surface area contributed by atoms with Gasteiger partial charge in [-0.3, -0.25) is 9.59 Å². The first kappa shape index (κ1) is 19.4. The monoisotopic (exact) mass is 390 g/mol. The highest BCUT2D eigenvalue weighted by Gasteiger charge is 2.38. The maximum atomic E-state index is 13.4. The molecule has 0 saturated heterocycles. The van der Waals surface area contributed by atoms with E-state index in [1.165, 1.54) is 17.0 Å². The Morgan fingerprint density at radius 2 is 1.68 bits per heavy atom. The van der Waals surface area contributed by atoms with Gasteiger partial charge in [-0.2, -0.15) is 13.2 Å². The summed E-state index contributed by atoms with van der Waals surface area (Å²) < 4.78 is 41.2. The molecule has 0 aliphatic rings. The van der Waals surface area contributed by atoms with Gasteiger partial charge in [0.25, 0.3) is 0 Å². The number of nitrogens with two attached hydrogens (primary N) is 1. The van der Waals surface area contributed by atoms with Crippen molar-refractivity contribution in [1.29, 1.82) is 0 Å². The molecule has 3 rings (SSSR count). The number of benzene rings is 2. The first-order valence-electron chi connectivity index (χ1n) is 8.43. The number of primary amides is 1. The molecule has 146 valence electrons. The largest absolute Gasteiger partial charge is 0.449 e. The third-order valence-electron chi connectivity index (χ3n) is 4.15. The Bertz CT molecular complexity index is 999. The molecular weight excluding hydrogens is 373 g/mol. The summed E-state index contributed by atoms with van der Waals surface area (Å²) in [7, 11) is 0. The minimum Gasteiger partial charge on any atom is -0.370 e. The Hall–Kier alpha value is -3.36.